The van der Waals surface area contributed by atoms with Crippen LogP contribution in [0.4, 0.5) is 8.78 Å². The van der Waals surface area contributed by atoms with Gasteiger partial charge < -0.3 is 0 Å². The Morgan fingerprint density at radius 3 is 2.05 bits per heavy atom. The fourth-order valence-electron chi connectivity index (χ4n) is 1.84. The van der Waals surface area contributed by atoms with E-state index in [1.807, 2.05) is 13.8 Å². The van der Waals surface area contributed by atoms with Crippen LogP contribution in [0.3, 0.4) is 0 Å². The van der Waals surface area contributed by atoms with Crippen LogP contribution in [0.2, 0.25) is 0 Å². The summed E-state index contributed by atoms with van der Waals surface area (Å²) in [4.78, 5) is -0.453. The van der Waals surface area contributed by atoms with Gasteiger partial charge in [0.05, 0.1) is 0 Å². The van der Waals surface area contributed by atoms with Crippen LogP contribution in [0.25, 0.3) is 0 Å². The number of unbranched alkanes of at least 4 members (excludes halogenated alkanes) is 2. The predicted octanol–water partition coefficient (Wildman–Crippen LogP) is 3.56. The first-order valence-electron chi connectivity index (χ1n) is 6.88. The van der Waals surface area contributed by atoms with Crippen molar-refractivity contribution < 1.29 is 17.2 Å². The summed E-state index contributed by atoms with van der Waals surface area (Å²) in [6.45, 7) is 4.64. The molecule has 0 atom stereocenters. The molecule has 1 aromatic carbocycles. The van der Waals surface area contributed by atoms with E-state index in [1.165, 1.54) is 4.31 Å². The summed E-state index contributed by atoms with van der Waals surface area (Å²) in [6, 6.07) is 2.56. The van der Waals surface area contributed by atoms with E-state index in [2.05, 4.69) is 0 Å². The molecule has 1 aromatic rings. The Morgan fingerprint density at radius 2 is 1.60 bits per heavy atom. The van der Waals surface area contributed by atoms with Crippen molar-refractivity contribution in [2.75, 3.05) is 13.1 Å². The molecule has 0 unspecified atom stereocenters. The van der Waals surface area contributed by atoms with Crippen molar-refractivity contribution in [2.24, 2.45) is 0 Å². The number of hydrogen-bond donors (Lipinski definition) is 0. The maximum absolute atomic E-state index is 13.7. The van der Waals surface area contributed by atoms with Crippen molar-refractivity contribution >= 4 is 10.0 Å². The highest BCUT2D eigenvalue weighted by Crippen LogP contribution is 2.21. The molecule has 0 radical (unpaired) electrons. The van der Waals surface area contributed by atoms with E-state index in [9.17, 15) is 17.2 Å². The van der Waals surface area contributed by atoms with Gasteiger partial charge >= 0.3 is 0 Å². The Balaban J connectivity index is 3.07. The molecule has 0 aliphatic heterocycles. The first kappa shape index (κ1) is 17.0. The minimum absolute atomic E-state index is 0.357. The zero-order valence-electron chi connectivity index (χ0n) is 11.9. The second-order valence-electron chi connectivity index (χ2n) is 4.69. The third kappa shape index (κ3) is 4.24. The van der Waals surface area contributed by atoms with Gasteiger partial charge in [0.2, 0.25) is 10.0 Å². The van der Waals surface area contributed by atoms with E-state index in [1.54, 1.807) is 0 Å². The predicted molar refractivity (Wildman–Crippen MR) is 74.9 cm³/mol. The first-order chi connectivity index (χ1) is 9.43. The van der Waals surface area contributed by atoms with Crippen LogP contribution < -0.4 is 0 Å². The molecule has 0 saturated carbocycles. The molecule has 0 saturated heterocycles. The van der Waals surface area contributed by atoms with Crippen LogP contribution in [0.1, 0.15) is 39.5 Å². The van der Waals surface area contributed by atoms with Crippen LogP contribution in [-0.4, -0.2) is 25.8 Å². The van der Waals surface area contributed by atoms with Gasteiger partial charge in [0.1, 0.15) is 16.5 Å². The third-order valence-corrected chi connectivity index (χ3v) is 4.97. The highest BCUT2D eigenvalue weighted by molar-refractivity contribution is 7.89. The lowest BCUT2D eigenvalue weighted by Crippen LogP contribution is -2.33. The van der Waals surface area contributed by atoms with Gasteiger partial charge in [0.25, 0.3) is 0 Å². The molecule has 0 amide bonds. The quantitative estimate of drug-likeness (QED) is 0.736. The Labute approximate surface area is 119 Å². The molecule has 0 fully saturated rings. The molecular formula is C14H21F2NO2S. The van der Waals surface area contributed by atoms with E-state index in [0.29, 0.717) is 32.0 Å². The highest BCUT2D eigenvalue weighted by atomic mass is 32.2. The maximum atomic E-state index is 13.7. The van der Waals surface area contributed by atoms with E-state index in [4.69, 9.17) is 0 Å². The average Bonchev–Trinajstić information content (AvgIpc) is 2.38. The topological polar surface area (TPSA) is 37.4 Å². The maximum Gasteiger partial charge on any atom is 0.245 e. The van der Waals surface area contributed by atoms with Gasteiger partial charge in [-0.05, 0) is 25.0 Å². The molecule has 3 nitrogen and oxygen atoms in total. The average molecular weight is 305 g/mol. The van der Waals surface area contributed by atoms with Crippen LogP contribution in [0, 0.1) is 11.6 Å². The van der Waals surface area contributed by atoms with Crippen molar-refractivity contribution in [3.8, 4) is 0 Å². The molecule has 0 spiro atoms. The minimum atomic E-state index is -3.90. The van der Waals surface area contributed by atoms with Gasteiger partial charge in [0, 0.05) is 19.2 Å². The van der Waals surface area contributed by atoms with Gasteiger partial charge in [-0.2, -0.15) is 4.31 Å². The second-order valence-corrected chi connectivity index (χ2v) is 6.59. The number of sulfonamides is 1. The van der Waals surface area contributed by atoms with Crippen LogP contribution >= 0.6 is 0 Å². The Bertz CT molecular complexity index is 524. The van der Waals surface area contributed by atoms with Gasteiger partial charge in [-0.3, -0.25) is 0 Å². The zero-order chi connectivity index (χ0) is 15.2. The smallest absolute Gasteiger partial charge is 0.207 e. The largest absolute Gasteiger partial charge is 0.245 e. The van der Waals surface area contributed by atoms with Crippen molar-refractivity contribution in [1.82, 2.24) is 4.31 Å². The number of rotatable bonds is 8. The molecule has 0 N–H and O–H groups in total. The van der Waals surface area contributed by atoms with Crippen molar-refractivity contribution in [2.45, 2.75) is 44.4 Å². The molecule has 0 heterocycles. The fourth-order valence-corrected chi connectivity index (χ4v) is 3.41. The number of nitrogens with zero attached hydrogens (tertiary/aromatic N) is 1. The second kappa shape index (κ2) is 7.69. The summed E-state index contributed by atoms with van der Waals surface area (Å²) in [5, 5.41) is 0. The molecule has 1 rings (SSSR count). The minimum Gasteiger partial charge on any atom is -0.207 e. The van der Waals surface area contributed by atoms with Gasteiger partial charge in [-0.25, -0.2) is 17.2 Å². The number of halogens is 2. The van der Waals surface area contributed by atoms with Crippen LogP contribution in [-0.2, 0) is 10.0 Å². The summed E-state index contributed by atoms with van der Waals surface area (Å²) in [7, 11) is -3.90. The fraction of sp³-hybridized carbons (Fsp3) is 0.571. The lowest BCUT2D eigenvalue weighted by atomic mass is 10.3. The molecular weight excluding hydrogens is 284 g/mol. The molecule has 0 bridgehead atoms. The molecule has 0 aliphatic carbocycles. The summed E-state index contributed by atoms with van der Waals surface area (Å²) in [5.74, 6) is -1.82. The summed E-state index contributed by atoms with van der Waals surface area (Å²) in [6.07, 6.45) is 3.13. The van der Waals surface area contributed by atoms with E-state index in [0.717, 1.165) is 25.0 Å². The third-order valence-electron chi connectivity index (χ3n) is 3.03. The van der Waals surface area contributed by atoms with Crippen molar-refractivity contribution in [3.05, 3.63) is 29.8 Å². The van der Waals surface area contributed by atoms with Crippen molar-refractivity contribution in [3.63, 3.8) is 0 Å². The highest BCUT2D eigenvalue weighted by Gasteiger charge is 2.26. The lowest BCUT2D eigenvalue weighted by Gasteiger charge is -2.22. The van der Waals surface area contributed by atoms with Crippen LogP contribution in [0.5, 0.6) is 0 Å². The zero-order valence-corrected chi connectivity index (χ0v) is 12.7. The summed E-state index contributed by atoms with van der Waals surface area (Å²) in [5.41, 5.74) is 0. The standard InChI is InChI=1S/C14H21F2NO2S/c1-3-5-9-17(10-6-4-2)20(18,19)14-8-7-12(15)11-13(14)16/h7-8,11H,3-6,9-10H2,1-2H3. The normalized spacial score (nSPS) is 12.1. The molecule has 0 aliphatic rings. The summed E-state index contributed by atoms with van der Waals surface area (Å²) < 4.78 is 52.8. The molecule has 20 heavy (non-hydrogen) atoms. The lowest BCUT2D eigenvalue weighted by molar-refractivity contribution is 0.392. The van der Waals surface area contributed by atoms with E-state index < -0.39 is 26.6 Å². The van der Waals surface area contributed by atoms with E-state index >= 15 is 0 Å². The first-order valence-corrected chi connectivity index (χ1v) is 8.32. The number of benzene rings is 1. The molecule has 0 aromatic heterocycles. The van der Waals surface area contributed by atoms with Gasteiger partial charge in [0.15, 0.2) is 0 Å². The van der Waals surface area contributed by atoms with Crippen molar-refractivity contribution in [1.29, 1.82) is 0 Å². The van der Waals surface area contributed by atoms with Gasteiger partial charge in [-0.1, -0.05) is 26.7 Å². The van der Waals surface area contributed by atoms with Crippen LogP contribution in [0.15, 0.2) is 23.1 Å². The SMILES string of the molecule is CCCCN(CCCC)S(=O)(=O)c1ccc(F)cc1F. The molecule has 6 heteroatoms. The molecule has 114 valence electrons. The number of hydrogen-bond acceptors (Lipinski definition) is 2. The monoisotopic (exact) mass is 305 g/mol. The Kier molecular flexibility index (Phi) is 6.55. The Morgan fingerprint density at radius 1 is 1.05 bits per heavy atom. The summed E-state index contributed by atoms with van der Waals surface area (Å²) >= 11 is 0. The van der Waals surface area contributed by atoms with Gasteiger partial charge in [-0.15, -0.1) is 0 Å². The Hall–Kier alpha value is -1.01. The van der Waals surface area contributed by atoms with E-state index in [-0.39, 0.29) is 0 Å².